The van der Waals surface area contributed by atoms with Crippen molar-refractivity contribution in [2.45, 2.75) is 43.7 Å². The molecule has 4 unspecified atom stereocenters. The lowest BCUT2D eigenvalue weighted by molar-refractivity contribution is -0.0532. The molecular formula is C32H36IN5O3Si. The van der Waals surface area contributed by atoms with Crippen molar-refractivity contribution in [1.82, 2.24) is 19.4 Å². The average Bonchev–Trinajstić information content (AvgIpc) is 3.56. The van der Waals surface area contributed by atoms with E-state index in [9.17, 15) is 0 Å². The SMILES string of the molecule is C=CCOC1CC(n2cc(I)c3c(/N=C\N(C)C)ncnc32)OC1CO[Si]1(c2ccccc2)c2ccccc2C1(C)C. The number of benzene rings is 2. The summed E-state index contributed by atoms with van der Waals surface area (Å²) in [6.45, 7) is 9.39. The summed E-state index contributed by atoms with van der Waals surface area (Å²) in [4.78, 5) is 15.5. The summed E-state index contributed by atoms with van der Waals surface area (Å²) in [5.74, 6) is 0.635. The first-order chi connectivity index (χ1) is 20.3. The Balaban J connectivity index is 1.32. The van der Waals surface area contributed by atoms with Gasteiger partial charge in [0.15, 0.2) is 5.82 Å². The van der Waals surface area contributed by atoms with Crippen molar-refractivity contribution >= 4 is 64.5 Å². The van der Waals surface area contributed by atoms with E-state index in [2.05, 4.69) is 123 Å². The summed E-state index contributed by atoms with van der Waals surface area (Å²) >= 11 is 2.32. The van der Waals surface area contributed by atoms with Gasteiger partial charge in [0.1, 0.15) is 24.3 Å². The molecule has 4 heterocycles. The Hall–Kier alpha value is -2.90. The smallest absolute Gasteiger partial charge is 0.266 e. The van der Waals surface area contributed by atoms with E-state index >= 15 is 0 Å². The molecule has 1 fully saturated rings. The van der Waals surface area contributed by atoms with Gasteiger partial charge in [-0.3, -0.25) is 0 Å². The molecule has 0 spiro atoms. The average molecular weight is 694 g/mol. The van der Waals surface area contributed by atoms with Crippen LogP contribution in [0, 0.1) is 3.57 Å². The molecule has 0 bridgehead atoms. The topological polar surface area (TPSA) is 74.0 Å². The molecule has 10 heteroatoms. The highest BCUT2D eigenvalue weighted by Gasteiger charge is 2.63. The molecule has 42 heavy (non-hydrogen) atoms. The lowest BCUT2D eigenvalue weighted by atomic mass is 10.0. The molecule has 6 rings (SSSR count). The molecule has 4 atom stereocenters. The first-order valence-electron chi connectivity index (χ1n) is 14.2. The fraction of sp³-hybridized carbons (Fsp3) is 0.344. The first-order valence-corrected chi connectivity index (χ1v) is 17.2. The molecule has 1 saturated heterocycles. The first kappa shape index (κ1) is 29.2. The van der Waals surface area contributed by atoms with Gasteiger partial charge in [0.2, 0.25) is 0 Å². The molecule has 2 aliphatic rings. The lowest BCUT2D eigenvalue weighted by Gasteiger charge is -2.55. The van der Waals surface area contributed by atoms with Gasteiger partial charge < -0.3 is 23.4 Å². The van der Waals surface area contributed by atoms with E-state index in [0.29, 0.717) is 25.5 Å². The summed E-state index contributed by atoms with van der Waals surface area (Å²) in [6.07, 6.45) is 7.15. The molecular weight excluding hydrogens is 657 g/mol. The lowest BCUT2D eigenvalue weighted by Crippen LogP contribution is -2.81. The number of fused-ring (bicyclic) bond motifs is 2. The zero-order chi connectivity index (χ0) is 29.5. The highest BCUT2D eigenvalue weighted by Crippen LogP contribution is 2.44. The molecule has 2 aliphatic heterocycles. The monoisotopic (exact) mass is 693 g/mol. The van der Waals surface area contributed by atoms with Gasteiger partial charge in [0.05, 0.1) is 31.0 Å². The Bertz CT molecular complexity index is 1630. The van der Waals surface area contributed by atoms with Gasteiger partial charge in [0.25, 0.3) is 8.32 Å². The van der Waals surface area contributed by atoms with E-state index in [1.807, 2.05) is 19.0 Å². The van der Waals surface area contributed by atoms with E-state index in [1.54, 1.807) is 18.7 Å². The van der Waals surface area contributed by atoms with Crippen molar-refractivity contribution in [3.8, 4) is 0 Å². The van der Waals surface area contributed by atoms with Gasteiger partial charge in [0, 0.05) is 35.3 Å². The van der Waals surface area contributed by atoms with Crippen molar-refractivity contribution in [2.75, 3.05) is 27.3 Å². The minimum atomic E-state index is -2.57. The van der Waals surface area contributed by atoms with Crippen LogP contribution in [-0.2, 0) is 18.9 Å². The third kappa shape index (κ3) is 4.82. The van der Waals surface area contributed by atoms with Gasteiger partial charge in [-0.15, -0.1) is 6.58 Å². The van der Waals surface area contributed by atoms with E-state index < -0.39 is 8.32 Å². The van der Waals surface area contributed by atoms with Crippen LogP contribution in [0.15, 0.2) is 84.8 Å². The molecule has 0 N–H and O–H groups in total. The van der Waals surface area contributed by atoms with Crippen LogP contribution in [0.4, 0.5) is 5.82 Å². The van der Waals surface area contributed by atoms with Gasteiger partial charge in [-0.05, 0) is 38.5 Å². The maximum Gasteiger partial charge on any atom is 0.266 e. The van der Waals surface area contributed by atoms with E-state index in [-0.39, 0.29) is 23.5 Å². The van der Waals surface area contributed by atoms with Crippen molar-refractivity contribution < 1.29 is 13.9 Å². The summed E-state index contributed by atoms with van der Waals surface area (Å²) < 4.78 is 23.3. The van der Waals surface area contributed by atoms with Crippen LogP contribution in [0.2, 0.25) is 0 Å². The second-order valence-electron chi connectivity index (χ2n) is 11.5. The Labute approximate surface area is 261 Å². The summed E-state index contributed by atoms with van der Waals surface area (Å²) in [7, 11) is 1.30. The second kappa shape index (κ2) is 11.6. The van der Waals surface area contributed by atoms with Crippen LogP contribution >= 0.6 is 22.6 Å². The van der Waals surface area contributed by atoms with Crippen LogP contribution in [0.1, 0.15) is 32.1 Å². The number of aliphatic imine (C=N–C) groups is 1. The molecule has 8 nitrogen and oxygen atoms in total. The van der Waals surface area contributed by atoms with Crippen LogP contribution in [0.25, 0.3) is 11.0 Å². The number of halogens is 1. The molecule has 0 amide bonds. The van der Waals surface area contributed by atoms with Crippen molar-refractivity contribution in [3.05, 3.63) is 88.9 Å². The molecule has 4 aromatic rings. The molecule has 2 aromatic heterocycles. The quantitative estimate of drug-likeness (QED) is 0.0788. The number of hydrogen-bond donors (Lipinski definition) is 0. The van der Waals surface area contributed by atoms with E-state index in [4.69, 9.17) is 13.9 Å². The number of ether oxygens (including phenoxy) is 2. The summed E-state index contributed by atoms with van der Waals surface area (Å²) in [5, 5.41) is 3.44. The van der Waals surface area contributed by atoms with Gasteiger partial charge >= 0.3 is 0 Å². The standard InChI is InChI=1S/C32H36IN5O3Si/c1-6-16-39-25-17-28(38-18-24(33)29-30(36-21-37(4)5)34-20-35-31(29)38)41-26(25)19-40-42(22-12-8-7-9-13-22)27-15-11-10-14-23(27)32(42,2)3/h6-15,18,20-21,25-26,28H,1,16-17,19H2,2-5H3/b36-21-. The van der Waals surface area contributed by atoms with E-state index in [0.717, 1.165) is 14.6 Å². The predicted molar refractivity (Wildman–Crippen MR) is 177 cm³/mol. The zero-order valence-electron chi connectivity index (χ0n) is 24.4. The minimum absolute atomic E-state index is 0.0897. The van der Waals surface area contributed by atoms with Gasteiger partial charge in [-0.1, -0.05) is 74.5 Å². The van der Waals surface area contributed by atoms with Crippen LogP contribution in [0.3, 0.4) is 0 Å². The van der Waals surface area contributed by atoms with Gasteiger partial charge in [-0.2, -0.15) is 0 Å². The number of hydrogen-bond acceptors (Lipinski definition) is 6. The Kier molecular flexibility index (Phi) is 8.09. The number of aromatic nitrogens is 3. The fourth-order valence-corrected chi connectivity index (χ4v) is 12.2. The van der Waals surface area contributed by atoms with Crippen LogP contribution in [0.5, 0.6) is 0 Å². The maximum absolute atomic E-state index is 7.19. The largest absolute Gasteiger partial charge is 0.404 e. The van der Waals surface area contributed by atoms with Crippen molar-refractivity contribution in [1.29, 1.82) is 0 Å². The maximum atomic E-state index is 7.19. The van der Waals surface area contributed by atoms with Crippen molar-refractivity contribution in [2.24, 2.45) is 4.99 Å². The highest BCUT2D eigenvalue weighted by atomic mass is 127. The normalized spacial score (nSPS) is 24.5. The number of rotatable bonds is 10. The Morgan fingerprint density at radius 3 is 2.69 bits per heavy atom. The predicted octanol–water partition coefficient (Wildman–Crippen LogP) is 4.72. The Morgan fingerprint density at radius 1 is 1.17 bits per heavy atom. The van der Waals surface area contributed by atoms with Crippen LogP contribution in [-0.4, -0.2) is 73.6 Å². The minimum Gasteiger partial charge on any atom is -0.404 e. The summed E-state index contributed by atoms with van der Waals surface area (Å²) in [6, 6.07) is 19.5. The molecule has 2 aromatic carbocycles. The molecule has 218 valence electrons. The highest BCUT2D eigenvalue weighted by molar-refractivity contribution is 14.1. The zero-order valence-corrected chi connectivity index (χ0v) is 27.6. The van der Waals surface area contributed by atoms with E-state index in [1.165, 1.54) is 15.9 Å². The summed E-state index contributed by atoms with van der Waals surface area (Å²) in [5.41, 5.74) is 2.16. The number of nitrogens with zero attached hydrogens (tertiary/aromatic N) is 5. The fourth-order valence-electron chi connectivity index (χ4n) is 6.44. The van der Waals surface area contributed by atoms with Crippen LogP contribution < -0.4 is 10.4 Å². The third-order valence-corrected chi connectivity index (χ3v) is 14.2. The third-order valence-electron chi connectivity index (χ3n) is 8.38. The molecule has 0 aliphatic carbocycles. The van der Waals surface area contributed by atoms with Crippen molar-refractivity contribution in [3.63, 3.8) is 0 Å². The molecule has 0 saturated carbocycles. The second-order valence-corrected chi connectivity index (χ2v) is 16.7. The van der Waals surface area contributed by atoms with Gasteiger partial charge in [-0.25, -0.2) is 15.0 Å². The Morgan fingerprint density at radius 2 is 1.93 bits per heavy atom. The molecule has 0 radical (unpaired) electrons.